The quantitative estimate of drug-likeness (QED) is 0.738. The molecule has 4 rings (SSSR count). The zero-order valence-corrected chi connectivity index (χ0v) is 14.8. The molecule has 0 bridgehead atoms. The molecule has 1 saturated heterocycles. The lowest BCUT2D eigenvalue weighted by Crippen LogP contribution is -2.40. The summed E-state index contributed by atoms with van der Waals surface area (Å²) in [4.78, 5) is 16.3. The molecule has 1 fully saturated rings. The fourth-order valence-corrected chi connectivity index (χ4v) is 4.15. The molecule has 6 nitrogen and oxygen atoms in total. The van der Waals surface area contributed by atoms with Crippen molar-refractivity contribution in [2.24, 2.45) is 5.92 Å². The fourth-order valence-electron chi connectivity index (χ4n) is 3.41. The summed E-state index contributed by atoms with van der Waals surface area (Å²) in [7, 11) is 0. The van der Waals surface area contributed by atoms with Gasteiger partial charge in [-0.15, -0.1) is 11.3 Å². The number of aromatic nitrogens is 3. The number of fused-ring (bicyclic) bond motifs is 1. The van der Waals surface area contributed by atoms with Crippen LogP contribution in [0.2, 0.25) is 0 Å². The summed E-state index contributed by atoms with van der Waals surface area (Å²) in [6.45, 7) is 3.92. The third-order valence-corrected chi connectivity index (χ3v) is 5.55. The molecule has 0 saturated carbocycles. The minimum atomic E-state index is -0.0414. The number of nitrogens with zero attached hydrogens (tertiary/aromatic N) is 3. The zero-order valence-electron chi connectivity index (χ0n) is 13.9. The van der Waals surface area contributed by atoms with Crippen LogP contribution in [-0.2, 0) is 6.54 Å². The van der Waals surface area contributed by atoms with Gasteiger partial charge in [0.1, 0.15) is 11.0 Å². The van der Waals surface area contributed by atoms with Gasteiger partial charge in [-0.3, -0.25) is 9.69 Å². The van der Waals surface area contributed by atoms with Crippen molar-refractivity contribution in [3.8, 4) is 0 Å². The first-order valence-electron chi connectivity index (χ1n) is 8.61. The van der Waals surface area contributed by atoms with Crippen LogP contribution in [0.1, 0.15) is 28.1 Å². The molecule has 7 heteroatoms. The van der Waals surface area contributed by atoms with Crippen LogP contribution in [0, 0.1) is 5.92 Å². The highest BCUT2D eigenvalue weighted by atomic mass is 32.1. The Morgan fingerprint density at radius 1 is 1.32 bits per heavy atom. The highest BCUT2D eigenvalue weighted by molar-refractivity contribution is 7.09. The third kappa shape index (κ3) is 3.88. The highest BCUT2D eigenvalue weighted by Crippen LogP contribution is 2.20. The van der Waals surface area contributed by atoms with E-state index in [1.807, 2.05) is 17.4 Å². The van der Waals surface area contributed by atoms with E-state index in [-0.39, 0.29) is 5.91 Å². The number of piperidine rings is 1. The lowest BCUT2D eigenvalue weighted by molar-refractivity contribution is 0.0931. The average molecular weight is 355 g/mol. The van der Waals surface area contributed by atoms with Gasteiger partial charge in [0.15, 0.2) is 0 Å². The minimum absolute atomic E-state index is 0.0414. The molecule has 1 atom stereocenters. The Balaban J connectivity index is 1.31. The number of aromatic amines is 1. The first-order valence-corrected chi connectivity index (χ1v) is 9.49. The number of thiophene rings is 1. The molecule has 1 amide bonds. The Bertz CT molecular complexity index is 844. The van der Waals surface area contributed by atoms with Crippen molar-refractivity contribution in [1.29, 1.82) is 0 Å². The second-order valence-corrected chi connectivity index (χ2v) is 7.59. The van der Waals surface area contributed by atoms with Gasteiger partial charge in [-0.25, -0.2) is 0 Å². The van der Waals surface area contributed by atoms with Gasteiger partial charge in [-0.2, -0.15) is 15.4 Å². The molecule has 3 heterocycles. The monoisotopic (exact) mass is 355 g/mol. The maximum atomic E-state index is 12.4. The van der Waals surface area contributed by atoms with Crippen molar-refractivity contribution in [2.45, 2.75) is 19.4 Å². The van der Waals surface area contributed by atoms with Crippen LogP contribution in [0.5, 0.6) is 0 Å². The van der Waals surface area contributed by atoms with Gasteiger partial charge in [0.2, 0.25) is 0 Å². The van der Waals surface area contributed by atoms with E-state index in [0.717, 1.165) is 31.7 Å². The molecular weight excluding hydrogens is 334 g/mol. The topological polar surface area (TPSA) is 73.9 Å². The number of amides is 1. The Labute approximate surface area is 150 Å². The van der Waals surface area contributed by atoms with E-state index >= 15 is 0 Å². The molecule has 1 unspecified atom stereocenters. The normalized spacial score (nSPS) is 18.5. The minimum Gasteiger partial charge on any atom is -0.352 e. The van der Waals surface area contributed by atoms with Crippen LogP contribution in [0.4, 0.5) is 0 Å². The number of carbonyl (C=O) groups excluding carboxylic acids is 1. The second kappa shape index (κ2) is 7.33. The van der Waals surface area contributed by atoms with E-state index in [2.05, 4.69) is 43.1 Å². The van der Waals surface area contributed by atoms with Crippen LogP contribution >= 0.6 is 11.3 Å². The number of rotatable bonds is 5. The van der Waals surface area contributed by atoms with Crippen LogP contribution in [0.15, 0.2) is 35.7 Å². The zero-order chi connectivity index (χ0) is 17.1. The summed E-state index contributed by atoms with van der Waals surface area (Å²) < 4.78 is 0. The summed E-state index contributed by atoms with van der Waals surface area (Å²) in [6, 6.07) is 9.68. The SMILES string of the molecule is O=C(NCC1CCCN(Cc2cccs2)C1)c1ccc2n[nH]nc2c1. The Hall–Kier alpha value is -2.25. The number of carbonyl (C=O) groups is 1. The van der Waals surface area contributed by atoms with Crippen LogP contribution in [0.3, 0.4) is 0 Å². The molecule has 130 valence electrons. The van der Waals surface area contributed by atoms with E-state index in [9.17, 15) is 4.79 Å². The van der Waals surface area contributed by atoms with Crippen molar-refractivity contribution < 1.29 is 4.79 Å². The van der Waals surface area contributed by atoms with E-state index in [0.29, 0.717) is 17.0 Å². The van der Waals surface area contributed by atoms with E-state index < -0.39 is 0 Å². The molecule has 2 N–H and O–H groups in total. The van der Waals surface area contributed by atoms with Crippen LogP contribution in [-0.4, -0.2) is 45.9 Å². The number of benzene rings is 1. The molecule has 1 aliphatic heterocycles. The largest absolute Gasteiger partial charge is 0.352 e. The predicted octanol–water partition coefficient (Wildman–Crippen LogP) is 2.66. The van der Waals surface area contributed by atoms with Crippen LogP contribution < -0.4 is 5.32 Å². The van der Waals surface area contributed by atoms with Gasteiger partial charge in [-0.05, 0) is 54.9 Å². The Morgan fingerprint density at radius 2 is 2.24 bits per heavy atom. The van der Waals surface area contributed by atoms with Crippen molar-refractivity contribution >= 4 is 28.3 Å². The number of hydrogen-bond acceptors (Lipinski definition) is 5. The number of hydrogen-bond donors (Lipinski definition) is 2. The molecular formula is C18H21N5OS. The third-order valence-electron chi connectivity index (χ3n) is 4.69. The van der Waals surface area contributed by atoms with Crippen molar-refractivity contribution in [1.82, 2.24) is 25.6 Å². The van der Waals surface area contributed by atoms with Gasteiger partial charge in [-0.1, -0.05) is 6.07 Å². The predicted molar refractivity (Wildman–Crippen MR) is 98.5 cm³/mol. The fraction of sp³-hybridized carbons (Fsp3) is 0.389. The Kier molecular flexibility index (Phi) is 4.76. The van der Waals surface area contributed by atoms with Crippen molar-refractivity contribution in [3.05, 3.63) is 46.2 Å². The standard InChI is InChI=1S/C18H21N5OS/c24-18(14-5-6-16-17(9-14)21-22-20-16)19-10-13-3-1-7-23(11-13)12-15-4-2-8-25-15/h2,4-6,8-9,13H,1,3,7,10-12H2,(H,19,24)(H,20,21,22). The maximum Gasteiger partial charge on any atom is 0.251 e. The summed E-state index contributed by atoms with van der Waals surface area (Å²) in [6.07, 6.45) is 2.36. The lowest BCUT2D eigenvalue weighted by atomic mass is 9.98. The highest BCUT2D eigenvalue weighted by Gasteiger charge is 2.21. The first kappa shape index (κ1) is 16.2. The number of nitrogens with one attached hydrogen (secondary N) is 2. The molecule has 1 aliphatic rings. The van der Waals surface area contributed by atoms with Gasteiger partial charge in [0.05, 0.1) is 0 Å². The Morgan fingerprint density at radius 3 is 3.12 bits per heavy atom. The molecule has 25 heavy (non-hydrogen) atoms. The molecule has 1 aromatic carbocycles. The number of H-pyrrole nitrogens is 1. The maximum absolute atomic E-state index is 12.4. The molecule has 0 aliphatic carbocycles. The number of likely N-dealkylation sites (tertiary alicyclic amines) is 1. The van der Waals surface area contributed by atoms with Gasteiger partial charge >= 0.3 is 0 Å². The van der Waals surface area contributed by atoms with E-state index in [1.54, 1.807) is 12.1 Å². The summed E-state index contributed by atoms with van der Waals surface area (Å²) in [5, 5.41) is 15.8. The average Bonchev–Trinajstić information content (AvgIpc) is 3.30. The summed E-state index contributed by atoms with van der Waals surface area (Å²) >= 11 is 1.81. The van der Waals surface area contributed by atoms with Crippen LogP contribution in [0.25, 0.3) is 11.0 Å². The van der Waals surface area contributed by atoms with E-state index in [4.69, 9.17) is 0 Å². The smallest absolute Gasteiger partial charge is 0.251 e. The molecule has 0 radical (unpaired) electrons. The summed E-state index contributed by atoms with van der Waals surface area (Å²) in [5.41, 5.74) is 2.12. The molecule has 0 spiro atoms. The van der Waals surface area contributed by atoms with Gasteiger partial charge < -0.3 is 5.32 Å². The lowest BCUT2D eigenvalue weighted by Gasteiger charge is -2.32. The van der Waals surface area contributed by atoms with Crippen molar-refractivity contribution in [2.75, 3.05) is 19.6 Å². The van der Waals surface area contributed by atoms with E-state index in [1.165, 1.54) is 17.7 Å². The first-order chi connectivity index (χ1) is 12.3. The van der Waals surface area contributed by atoms with Gasteiger partial charge in [0.25, 0.3) is 5.91 Å². The molecule has 2 aromatic heterocycles. The van der Waals surface area contributed by atoms with Crippen molar-refractivity contribution in [3.63, 3.8) is 0 Å². The second-order valence-electron chi connectivity index (χ2n) is 6.56. The summed E-state index contributed by atoms with van der Waals surface area (Å²) in [5.74, 6) is 0.466. The van der Waals surface area contributed by atoms with Gasteiger partial charge in [0, 0.05) is 30.1 Å². The molecule has 3 aromatic rings.